The van der Waals surface area contributed by atoms with Gasteiger partial charge in [-0.15, -0.1) is 0 Å². The van der Waals surface area contributed by atoms with Crippen molar-refractivity contribution in [3.8, 4) is 0 Å². The van der Waals surface area contributed by atoms with Crippen LogP contribution in [0.2, 0.25) is 0 Å². The van der Waals surface area contributed by atoms with Crippen molar-refractivity contribution in [3.05, 3.63) is 40.1 Å². The van der Waals surface area contributed by atoms with Crippen LogP contribution in [0, 0.1) is 20.8 Å². The Kier molecular flexibility index (Phi) is 4.82. The number of amides is 1. The molecule has 130 valence electrons. The lowest BCUT2D eigenvalue weighted by molar-refractivity contribution is -0.131. The number of likely N-dealkylation sites (N-methyl/N-ethyl adjacent to an activating group) is 1. The molecule has 2 aromatic heterocycles. The van der Waals surface area contributed by atoms with Crippen LogP contribution in [0.4, 0.5) is 0 Å². The fourth-order valence-corrected chi connectivity index (χ4v) is 3.02. The number of aromatic carboxylic acids is 1. The Balaban J connectivity index is 2.17. The number of hydrogen-bond donors (Lipinski definition) is 1. The van der Waals surface area contributed by atoms with Gasteiger partial charge >= 0.3 is 5.97 Å². The molecule has 1 amide bonds. The molecule has 0 aliphatic rings. The van der Waals surface area contributed by atoms with Crippen LogP contribution in [0.5, 0.6) is 0 Å². The lowest BCUT2D eigenvalue weighted by atomic mass is 9.97. The topological polar surface area (TPSA) is 88.6 Å². The first-order valence-electron chi connectivity index (χ1n) is 7.71. The maximum absolute atomic E-state index is 12.7. The lowest BCUT2D eigenvalue weighted by Gasteiger charge is -2.21. The van der Waals surface area contributed by atoms with Gasteiger partial charge in [-0.1, -0.05) is 0 Å². The predicted molar refractivity (Wildman–Crippen MR) is 88.0 cm³/mol. The Morgan fingerprint density at radius 2 is 2.00 bits per heavy atom. The molecule has 0 aliphatic heterocycles. The molecule has 2 rings (SSSR count). The molecular formula is C17H23N3O4. The lowest BCUT2D eigenvalue weighted by Crippen LogP contribution is -2.30. The fourth-order valence-electron chi connectivity index (χ4n) is 3.02. The third kappa shape index (κ3) is 3.20. The van der Waals surface area contributed by atoms with Gasteiger partial charge < -0.3 is 14.4 Å². The minimum Gasteiger partial charge on any atom is -0.478 e. The van der Waals surface area contributed by atoms with Gasteiger partial charge in [0, 0.05) is 25.4 Å². The maximum Gasteiger partial charge on any atom is 0.339 e. The van der Waals surface area contributed by atoms with Crippen molar-refractivity contribution < 1.29 is 19.1 Å². The van der Waals surface area contributed by atoms with Crippen molar-refractivity contribution in [1.82, 2.24) is 14.7 Å². The summed E-state index contributed by atoms with van der Waals surface area (Å²) in [5.41, 5.74) is 2.85. The molecule has 0 aromatic carbocycles. The summed E-state index contributed by atoms with van der Waals surface area (Å²) >= 11 is 0. The summed E-state index contributed by atoms with van der Waals surface area (Å²) in [7, 11) is 3.53. The highest BCUT2D eigenvalue weighted by atomic mass is 16.4. The Morgan fingerprint density at radius 3 is 2.46 bits per heavy atom. The molecule has 1 N–H and O–H groups in total. The number of carbonyl (C=O) groups is 2. The smallest absolute Gasteiger partial charge is 0.339 e. The van der Waals surface area contributed by atoms with Crippen LogP contribution in [0.25, 0.3) is 0 Å². The van der Waals surface area contributed by atoms with Gasteiger partial charge in [-0.3, -0.25) is 9.48 Å². The molecule has 2 heterocycles. The van der Waals surface area contributed by atoms with E-state index in [0.29, 0.717) is 11.5 Å². The van der Waals surface area contributed by atoms with Gasteiger partial charge in [0.2, 0.25) is 5.91 Å². The molecule has 0 saturated heterocycles. The SMILES string of the molecule is Cc1nn(C)c(C)c1C(C)C(=O)N(C)Cc1cc(C(=O)O)c(C)o1. The predicted octanol–water partition coefficient (Wildman–Crippen LogP) is 2.40. The van der Waals surface area contributed by atoms with Crippen molar-refractivity contribution >= 4 is 11.9 Å². The van der Waals surface area contributed by atoms with Crippen LogP contribution in [0.1, 0.15) is 51.7 Å². The zero-order valence-electron chi connectivity index (χ0n) is 14.9. The standard InChI is InChI=1S/C17H23N3O4/c1-9(15-10(2)18-20(6)11(15)3)16(21)19(5)8-13-7-14(17(22)23)12(4)24-13/h7,9H,8H2,1-6H3,(H,22,23). The van der Waals surface area contributed by atoms with E-state index in [0.717, 1.165) is 17.0 Å². The van der Waals surface area contributed by atoms with Crippen LogP contribution in [-0.4, -0.2) is 38.7 Å². The van der Waals surface area contributed by atoms with Crippen LogP contribution < -0.4 is 0 Å². The van der Waals surface area contributed by atoms with Crippen molar-refractivity contribution in [2.45, 2.75) is 40.2 Å². The molecule has 0 aliphatic carbocycles. The molecule has 0 saturated carbocycles. The maximum atomic E-state index is 12.7. The Morgan fingerprint density at radius 1 is 1.38 bits per heavy atom. The van der Waals surface area contributed by atoms with Gasteiger partial charge in [-0.2, -0.15) is 5.10 Å². The van der Waals surface area contributed by atoms with E-state index >= 15 is 0 Å². The largest absolute Gasteiger partial charge is 0.478 e. The minimum absolute atomic E-state index is 0.0693. The summed E-state index contributed by atoms with van der Waals surface area (Å²) in [6.07, 6.45) is 0. The molecule has 1 atom stereocenters. The summed E-state index contributed by atoms with van der Waals surface area (Å²) < 4.78 is 7.21. The molecular weight excluding hydrogens is 310 g/mol. The van der Waals surface area contributed by atoms with Crippen LogP contribution in [-0.2, 0) is 18.4 Å². The van der Waals surface area contributed by atoms with E-state index in [4.69, 9.17) is 9.52 Å². The van der Waals surface area contributed by atoms with Gasteiger partial charge in [0.05, 0.1) is 18.2 Å². The average molecular weight is 333 g/mol. The summed E-state index contributed by atoms with van der Waals surface area (Å²) in [4.78, 5) is 25.3. The van der Waals surface area contributed by atoms with Crippen molar-refractivity contribution in [2.75, 3.05) is 7.05 Å². The van der Waals surface area contributed by atoms with E-state index < -0.39 is 5.97 Å². The van der Waals surface area contributed by atoms with Gasteiger partial charge in [0.15, 0.2) is 0 Å². The van der Waals surface area contributed by atoms with Gasteiger partial charge in [-0.25, -0.2) is 4.79 Å². The number of hydrogen-bond acceptors (Lipinski definition) is 4. The zero-order chi connectivity index (χ0) is 18.2. The van der Waals surface area contributed by atoms with E-state index in [1.54, 1.807) is 23.6 Å². The van der Waals surface area contributed by atoms with E-state index in [-0.39, 0.29) is 23.9 Å². The molecule has 0 spiro atoms. The number of carboxylic acid groups (broad SMARTS) is 1. The zero-order valence-corrected chi connectivity index (χ0v) is 14.9. The Labute approximate surface area is 140 Å². The number of aromatic nitrogens is 2. The number of rotatable bonds is 5. The molecule has 1 unspecified atom stereocenters. The summed E-state index contributed by atoms with van der Waals surface area (Å²) in [5, 5.41) is 13.4. The second kappa shape index (κ2) is 6.51. The number of carbonyl (C=O) groups excluding carboxylic acids is 1. The number of furan rings is 1. The van der Waals surface area contributed by atoms with Crippen LogP contribution >= 0.6 is 0 Å². The van der Waals surface area contributed by atoms with Crippen LogP contribution in [0.15, 0.2) is 10.5 Å². The molecule has 7 heteroatoms. The van der Waals surface area contributed by atoms with Gasteiger partial charge in [0.25, 0.3) is 0 Å². The fraction of sp³-hybridized carbons (Fsp3) is 0.471. The molecule has 0 bridgehead atoms. The van der Waals surface area contributed by atoms with Gasteiger partial charge in [0.1, 0.15) is 17.1 Å². The highest BCUT2D eigenvalue weighted by Crippen LogP contribution is 2.25. The first-order chi connectivity index (χ1) is 11.1. The van der Waals surface area contributed by atoms with Crippen molar-refractivity contribution in [2.24, 2.45) is 7.05 Å². The first-order valence-corrected chi connectivity index (χ1v) is 7.71. The number of nitrogens with zero attached hydrogens (tertiary/aromatic N) is 3. The van der Waals surface area contributed by atoms with Crippen molar-refractivity contribution in [3.63, 3.8) is 0 Å². The monoisotopic (exact) mass is 333 g/mol. The molecule has 0 radical (unpaired) electrons. The highest BCUT2D eigenvalue weighted by molar-refractivity contribution is 5.89. The van der Waals surface area contributed by atoms with Crippen LogP contribution in [0.3, 0.4) is 0 Å². The van der Waals surface area contributed by atoms with E-state index in [2.05, 4.69) is 5.10 Å². The summed E-state index contributed by atoms with van der Waals surface area (Å²) in [6.45, 7) is 7.50. The van der Waals surface area contributed by atoms with E-state index in [1.165, 1.54) is 6.07 Å². The van der Waals surface area contributed by atoms with Gasteiger partial charge in [-0.05, 0) is 33.8 Å². The summed E-state index contributed by atoms with van der Waals surface area (Å²) in [5.74, 6) is -0.650. The number of carboxylic acids is 1. The minimum atomic E-state index is -1.04. The second-order valence-corrected chi connectivity index (χ2v) is 6.11. The first kappa shape index (κ1) is 17.8. The molecule has 7 nitrogen and oxygen atoms in total. The quantitative estimate of drug-likeness (QED) is 0.907. The Bertz CT molecular complexity index is 788. The molecule has 0 fully saturated rings. The summed E-state index contributed by atoms with van der Waals surface area (Å²) in [6, 6.07) is 1.46. The third-order valence-corrected chi connectivity index (χ3v) is 4.34. The molecule has 24 heavy (non-hydrogen) atoms. The van der Waals surface area contributed by atoms with E-state index in [9.17, 15) is 9.59 Å². The number of aryl methyl sites for hydroxylation is 3. The average Bonchev–Trinajstić information content (AvgIpc) is 2.97. The Hall–Kier alpha value is -2.57. The highest BCUT2D eigenvalue weighted by Gasteiger charge is 2.26. The third-order valence-electron chi connectivity index (χ3n) is 4.34. The second-order valence-electron chi connectivity index (χ2n) is 6.11. The molecule has 2 aromatic rings. The normalized spacial score (nSPS) is 12.2. The van der Waals surface area contributed by atoms with E-state index in [1.807, 2.05) is 27.8 Å². The van der Waals surface area contributed by atoms with Crippen molar-refractivity contribution in [1.29, 1.82) is 0 Å².